The number of amides is 1. The molecule has 0 bridgehead atoms. The van der Waals surface area contributed by atoms with Gasteiger partial charge in [-0.3, -0.25) is 4.79 Å². The van der Waals surface area contributed by atoms with Crippen LogP contribution >= 0.6 is 0 Å². The van der Waals surface area contributed by atoms with Gasteiger partial charge in [0.05, 0.1) is 5.60 Å². The second-order valence-corrected chi connectivity index (χ2v) is 4.50. The van der Waals surface area contributed by atoms with Gasteiger partial charge in [0.2, 0.25) is 5.91 Å². The van der Waals surface area contributed by atoms with Gasteiger partial charge in [-0.25, -0.2) is 0 Å². The summed E-state index contributed by atoms with van der Waals surface area (Å²) in [6, 6.07) is 0.191. The molecule has 0 aliphatic rings. The van der Waals surface area contributed by atoms with E-state index in [1.165, 1.54) is 0 Å². The predicted molar refractivity (Wildman–Crippen MR) is 61.7 cm³/mol. The lowest BCUT2D eigenvalue weighted by molar-refractivity contribution is -0.121. The van der Waals surface area contributed by atoms with E-state index in [0.29, 0.717) is 25.9 Å². The van der Waals surface area contributed by atoms with Gasteiger partial charge >= 0.3 is 0 Å². The van der Waals surface area contributed by atoms with E-state index in [-0.39, 0.29) is 11.9 Å². The molecule has 1 unspecified atom stereocenters. The maximum atomic E-state index is 11.2. The molecule has 0 aromatic carbocycles. The summed E-state index contributed by atoms with van der Waals surface area (Å²) in [6.07, 6.45) is 1.16. The van der Waals surface area contributed by atoms with E-state index in [1.807, 2.05) is 20.8 Å². The van der Waals surface area contributed by atoms with Crippen molar-refractivity contribution in [3.63, 3.8) is 0 Å². The van der Waals surface area contributed by atoms with E-state index in [2.05, 4.69) is 10.6 Å². The van der Waals surface area contributed by atoms with Gasteiger partial charge in [0.25, 0.3) is 0 Å². The summed E-state index contributed by atoms with van der Waals surface area (Å²) < 4.78 is 0. The number of hydrogen-bond acceptors (Lipinski definition) is 3. The van der Waals surface area contributed by atoms with Crippen LogP contribution in [0.15, 0.2) is 0 Å². The van der Waals surface area contributed by atoms with Crippen molar-refractivity contribution >= 4 is 5.91 Å². The Labute approximate surface area is 92.4 Å². The Morgan fingerprint density at radius 3 is 2.53 bits per heavy atom. The van der Waals surface area contributed by atoms with E-state index in [0.717, 1.165) is 0 Å². The van der Waals surface area contributed by atoms with Crippen molar-refractivity contribution in [3.8, 4) is 0 Å². The molecule has 4 nitrogen and oxygen atoms in total. The van der Waals surface area contributed by atoms with Crippen LogP contribution in [0.2, 0.25) is 0 Å². The molecule has 3 N–H and O–H groups in total. The molecule has 0 saturated heterocycles. The van der Waals surface area contributed by atoms with Gasteiger partial charge in [0.1, 0.15) is 0 Å². The number of hydrogen-bond donors (Lipinski definition) is 3. The van der Waals surface area contributed by atoms with Crippen LogP contribution in [0.5, 0.6) is 0 Å². The number of rotatable bonds is 7. The van der Waals surface area contributed by atoms with E-state index in [4.69, 9.17) is 0 Å². The number of nitrogens with one attached hydrogen (secondary N) is 2. The zero-order valence-corrected chi connectivity index (χ0v) is 10.3. The second-order valence-electron chi connectivity index (χ2n) is 4.50. The highest BCUT2D eigenvalue weighted by Crippen LogP contribution is 2.05. The van der Waals surface area contributed by atoms with Crippen LogP contribution in [0.3, 0.4) is 0 Å². The first-order valence-corrected chi connectivity index (χ1v) is 5.60. The zero-order chi connectivity index (χ0) is 11.9. The van der Waals surface area contributed by atoms with Gasteiger partial charge < -0.3 is 15.7 Å². The molecule has 4 heteroatoms. The SMILES string of the molecule is CCC(C)(O)CNCCC(=O)NC(C)C. The van der Waals surface area contributed by atoms with Crippen molar-refractivity contribution in [3.05, 3.63) is 0 Å². The maximum absolute atomic E-state index is 11.2. The first-order valence-electron chi connectivity index (χ1n) is 5.60. The Balaban J connectivity index is 3.50. The van der Waals surface area contributed by atoms with Crippen LogP contribution in [0, 0.1) is 0 Å². The molecule has 0 radical (unpaired) electrons. The van der Waals surface area contributed by atoms with E-state index >= 15 is 0 Å². The summed E-state index contributed by atoms with van der Waals surface area (Å²) in [6.45, 7) is 8.73. The normalized spacial score (nSPS) is 15.1. The fourth-order valence-electron chi connectivity index (χ4n) is 1.08. The number of aliphatic hydroxyl groups is 1. The first-order chi connectivity index (χ1) is 6.87. The van der Waals surface area contributed by atoms with E-state index in [9.17, 15) is 9.90 Å². The van der Waals surface area contributed by atoms with Crippen molar-refractivity contribution in [1.82, 2.24) is 10.6 Å². The van der Waals surface area contributed by atoms with Gasteiger partial charge in [-0.15, -0.1) is 0 Å². The largest absolute Gasteiger partial charge is 0.389 e. The first kappa shape index (κ1) is 14.4. The van der Waals surface area contributed by atoms with Crippen LogP contribution < -0.4 is 10.6 Å². The highest BCUT2D eigenvalue weighted by molar-refractivity contribution is 5.76. The van der Waals surface area contributed by atoms with E-state index in [1.54, 1.807) is 6.92 Å². The highest BCUT2D eigenvalue weighted by Gasteiger charge is 2.16. The zero-order valence-electron chi connectivity index (χ0n) is 10.3. The molecule has 0 aromatic heterocycles. The maximum Gasteiger partial charge on any atom is 0.221 e. The predicted octanol–water partition coefficient (Wildman–Crippen LogP) is 0.652. The monoisotopic (exact) mass is 216 g/mol. The molecule has 0 spiro atoms. The number of carbonyl (C=O) groups is 1. The molecule has 90 valence electrons. The van der Waals surface area contributed by atoms with Crippen LogP contribution in [0.1, 0.15) is 40.5 Å². The van der Waals surface area contributed by atoms with E-state index < -0.39 is 5.60 Å². The quantitative estimate of drug-likeness (QED) is 0.548. The summed E-state index contributed by atoms with van der Waals surface area (Å²) in [4.78, 5) is 11.2. The lowest BCUT2D eigenvalue weighted by atomic mass is 10.0. The molecule has 0 heterocycles. The lowest BCUT2D eigenvalue weighted by Crippen LogP contribution is -2.39. The third-order valence-corrected chi connectivity index (χ3v) is 2.25. The minimum absolute atomic E-state index is 0.0497. The Morgan fingerprint density at radius 1 is 1.47 bits per heavy atom. The molecular weight excluding hydrogens is 192 g/mol. The second kappa shape index (κ2) is 6.80. The van der Waals surface area contributed by atoms with Crippen LogP contribution in [-0.2, 0) is 4.79 Å². The molecule has 15 heavy (non-hydrogen) atoms. The van der Waals surface area contributed by atoms with Gasteiger partial charge in [-0.2, -0.15) is 0 Å². The smallest absolute Gasteiger partial charge is 0.221 e. The molecular formula is C11H24N2O2. The standard InChI is InChI=1S/C11H24N2O2/c1-5-11(4,15)8-12-7-6-10(14)13-9(2)3/h9,12,15H,5-8H2,1-4H3,(H,13,14). The third-order valence-electron chi connectivity index (χ3n) is 2.25. The van der Waals surface area contributed by atoms with Crippen molar-refractivity contribution in [1.29, 1.82) is 0 Å². The molecule has 0 aliphatic heterocycles. The average Bonchev–Trinajstić information content (AvgIpc) is 2.11. The molecule has 0 rings (SSSR count). The molecule has 0 saturated carbocycles. The molecule has 0 fully saturated rings. The van der Waals surface area contributed by atoms with Gasteiger partial charge in [-0.1, -0.05) is 6.92 Å². The fourth-order valence-corrected chi connectivity index (χ4v) is 1.08. The summed E-state index contributed by atoms with van der Waals surface area (Å²) in [5, 5.41) is 15.6. The summed E-state index contributed by atoms with van der Waals surface area (Å²) in [5.41, 5.74) is -0.672. The Hall–Kier alpha value is -0.610. The molecule has 0 aliphatic carbocycles. The number of carbonyl (C=O) groups excluding carboxylic acids is 1. The molecule has 1 atom stereocenters. The summed E-state index contributed by atoms with van der Waals surface area (Å²) in [5.74, 6) is 0.0497. The highest BCUT2D eigenvalue weighted by atomic mass is 16.3. The van der Waals surface area contributed by atoms with Gasteiger partial charge in [-0.05, 0) is 27.2 Å². The minimum Gasteiger partial charge on any atom is -0.389 e. The third kappa shape index (κ3) is 8.39. The van der Waals surface area contributed by atoms with Crippen LogP contribution in [0.25, 0.3) is 0 Å². The molecule has 1 amide bonds. The van der Waals surface area contributed by atoms with Crippen molar-refractivity contribution in [2.45, 2.75) is 52.2 Å². The van der Waals surface area contributed by atoms with Crippen LogP contribution in [-0.4, -0.2) is 35.7 Å². The Kier molecular flexibility index (Phi) is 6.52. The summed E-state index contributed by atoms with van der Waals surface area (Å²) >= 11 is 0. The average molecular weight is 216 g/mol. The molecule has 0 aromatic rings. The minimum atomic E-state index is -0.672. The summed E-state index contributed by atoms with van der Waals surface area (Å²) in [7, 11) is 0. The lowest BCUT2D eigenvalue weighted by Gasteiger charge is -2.21. The Bertz CT molecular complexity index is 191. The fraction of sp³-hybridized carbons (Fsp3) is 0.909. The van der Waals surface area contributed by atoms with Gasteiger partial charge in [0.15, 0.2) is 0 Å². The topological polar surface area (TPSA) is 61.4 Å². The van der Waals surface area contributed by atoms with Crippen molar-refractivity contribution in [2.24, 2.45) is 0 Å². The van der Waals surface area contributed by atoms with Crippen molar-refractivity contribution in [2.75, 3.05) is 13.1 Å². The van der Waals surface area contributed by atoms with Gasteiger partial charge in [0, 0.05) is 25.6 Å². The van der Waals surface area contributed by atoms with Crippen molar-refractivity contribution < 1.29 is 9.90 Å². The Morgan fingerprint density at radius 2 is 2.07 bits per heavy atom. The van der Waals surface area contributed by atoms with Crippen LogP contribution in [0.4, 0.5) is 0 Å².